The molecule has 0 aromatic carbocycles. The molecule has 0 spiro atoms. The second-order valence-electron chi connectivity index (χ2n) is 5.76. The average molecular weight is 290 g/mol. The molecule has 1 amide bonds. The monoisotopic (exact) mass is 290 g/mol. The van der Waals surface area contributed by atoms with Crippen LogP contribution in [0.25, 0.3) is 0 Å². The molecule has 1 aliphatic heterocycles. The Labute approximate surface area is 127 Å². The first-order valence-corrected chi connectivity index (χ1v) is 8.00. The molecule has 1 aromatic rings. The third-order valence-electron chi connectivity index (χ3n) is 4.23. The number of nitrogens with one attached hydrogen (secondary N) is 2. The second kappa shape index (κ2) is 7.50. The van der Waals surface area contributed by atoms with E-state index in [0.717, 1.165) is 50.3 Å². The van der Waals surface area contributed by atoms with Crippen LogP contribution in [0.2, 0.25) is 0 Å². The van der Waals surface area contributed by atoms with Crippen molar-refractivity contribution in [2.45, 2.75) is 58.4 Å². The van der Waals surface area contributed by atoms with Gasteiger partial charge in [-0.05, 0) is 39.2 Å². The number of hydrogen-bond donors (Lipinski definition) is 2. The fraction of sp³-hybridized carbons (Fsp3) is 0.688. The van der Waals surface area contributed by atoms with Crippen LogP contribution >= 0.6 is 0 Å². The van der Waals surface area contributed by atoms with Crippen molar-refractivity contribution < 1.29 is 4.79 Å². The number of carbonyl (C=O) groups excluding carboxylic acids is 1. The minimum absolute atomic E-state index is 0.0606. The molecule has 2 N–H and O–H groups in total. The largest absolute Gasteiger partial charge is 0.349 e. The van der Waals surface area contributed by atoms with Crippen LogP contribution in [0.3, 0.4) is 0 Å². The summed E-state index contributed by atoms with van der Waals surface area (Å²) in [4.78, 5) is 21.3. The normalized spacial score (nSPS) is 18.8. The molecular formula is C16H26N4O. The number of carbonyl (C=O) groups is 1. The van der Waals surface area contributed by atoms with Crippen LogP contribution in [0.15, 0.2) is 6.20 Å². The molecule has 1 saturated heterocycles. The molecule has 5 heteroatoms. The van der Waals surface area contributed by atoms with Crippen molar-refractivity contribution in [3.8, 4) is 0 Å². The molecule has 0 radical (unpaired) electrons. The number of aryl methyl sites for hydroxylation is 1. The molecule has 1 atom stereocenters. The number of piperidine rings is 1. The predicted octanol–water partition coefficient (Wildman–Crippen LogP) is 2.17. The fourth-order valence-electron chi connectivity index (χ4n) is 2.73. The highest BCUT2D eigenvalue weighted by molar-refractivity contribution is 5.95. The molecule has 21 heavy (non-hydrogen) atoms. The molecule has 2 heterocycles. The molecule has 2 rings (SSSR count). The quantitative estimate of drug-likeness (QED) is 0.872. The fourth-order valence-corrected chi connectivity index (χ4v) is 2.73. The van der Waals surface area contributed by atoms with Gasteiger partial charge in [0.1, 0.15) is 5.82 Å². The predicted molar refractivity (Wildman–Crippen MR) is 83.4 cm³/mol. The van der Waals surface area contributed by atoms with Gasteiger partial charge in [0.05, 0.1) is 11.3 Å². The van der Waals surface area contributed by atoms with Gasteiger partial charge >= 0.3 is 0 Å². The van der Waals surface area contributed by atoms with E-state index in [9.17, 15) is 4.79 Å². The number of amides is 1. The number of hydrogen-bond acceptors (Lipinski definition) is 4. The Balaban J connectivity index is 2.09. The van der Waals surface area contributed by atoms with E-state index in [2.05, 4.69) is 34.4 Å². The molecule has 0 saturated carbocycles. The molecule has 116 valence electrons. The first-order chi connectivity index (χ1) is 10.2. The van der Waals surface area contributed by atoms with Gasteiger partial charge in [-0.25, -0.2) is 9.97 Å². The van der Waals surface area contributed by atoms with Gasteiger partial charge in [0.2, 0.25) is 0 Å². The summed E-state index contributed by atoms with van der Waals surface area (Å²) in [5.41, 5.74) is 1.36. The highest BCUT2D eigenvalue weighted by Gasteiger charge is 2.20. The minimum atomic E-state index is -0.0606. The third kappa shape index (κ3) is 4.00. The molecule has 1 fully saturated rings. The maximum absolute atomic E-state index is 12.3. The zero-order valence-electron chi connectivity index (χ0n) is 13.3. The van der Waals surface area contributed by atoms with Crippen LogP contribution in [0.1, 0.15) is 67.3 Å². The zero-order chi connectivity index (χ0) is 15.2. The van der Waals surface area contributed by atoms with Crippen molar-refractivity contribution in [1.29, 1.82) is 0 Å². The number of nitrogens with zero attached hydrogens (tertiary/aromatic N) is 2. The molecule has 1 aromatic heterocycles. The van der Waals surface area contributed by atoms with Crippen molar-refractivity contribution in [2.24, 2.45) is 0 Å². The molecule has 0 aliphatic carbocycles. The molecule has 5 nitrogen and oxygen atoms in total. The number of rotatable bonds is 5. The highest BCUT2D eigenvalue weighted by Crippen LogP contribution is 2.20. The average Bonchev–Trinajstić information content (AvgIpc) is 2.53. The van der Waals surface area contributed by atoms with E-state index in [1.54, 1.807) is 6.20 Å². The number of aromatic nitrogens is 2. The van der Waals surface area contributed by atoms with Gasteiger partial charge in [0.25, 0.3) is 5.91 Å². The molecule has 0 unspecified atom stereocenters. The van der Waals surface area contributed by atoms with Crippen LogP contribution in [0, 0.1) is 6.92 Å². The summed E-state index contributed by atoms with van der Waals surface area (Å²) >= 11 is 0. The lowest BCUT2D eigenvalue weighted by atomic mass is 9.98. The first-order valence-electron chi connectivity index (χ1n) is 8.00. The van der Waals surface area contributed by atoms with Crippen LogP contribution in [-0.2, 0) is 0 Å². The van der Waals surface area contributed by atoms with Crippen molar-refractivity contribution in [3.63, 3.8) is 0 Å². The Morgan fingerprint density at radius 3 is 2.81 bits per heavy atom. The molecule has 1 aliphatic rings. The second-order valence-corrected chi connectivity index (χ2v) is 5.76. The summed E-state index contributed by atoms with van der Waals surface area (Å²) < 4.78 is 0. The summed E-state index contributed by atoms with van der Waals surface area (Å²) in [5, 5.41) is 6.41. The topological polar surface area (TPSA) is 66.9 Å². The molecular weight excluding hydrogens is 264 g/mol. The van der Waals surface area contributed by atoms with E-state index < -0.39 is 0 Å². The third-order valence-corrected chi connectivity index (χ3v) is 4.23. The van der Waals surface area contributed by atoms with Crippen LogP contribution < -0.4 is 10.6 Å². The van der Waals surface area contributed by atoms with Crippen LogP contribution in [-0.4, -0.2) is 35.0 Å². The van der Waals surface area contributed by atoms with Gasteiger partial charge in [0.15, 0.2) is 0 Å². The van der Waals surface area contributed by atoms with Gasteiger partial charge in [-0.2, -0.15) is 0 Å². The van der Waals surface area contributed by atoms with Crippen LogP contribution in [0.4, 0.5) is 0 Å². The summed E-state index contributed by atoms with van der Waals surface area (Å²) in [6.07, 6.45) is 5.83. The van der Waals surface area contributed by atoms with E-state index >= 15 is 0 Å². The lowest BCUT2D eigenvalue weighted by molar-refractivity contribution is 0.0933. The van der Waals surface area contributed by atoms with E-state index in [4.69, 9.17) is 0 Å². The highest BCUT2D eigenvalue weighted by atomic mass is 16.1. The van der Waals surface area contributed by atoms with E-state index in [1.807, 2.05) is 6.92 Å². The Kier molecular flexibility index (Phi) is 5.67. The summed E-state index contributed by atoms with van der Waals surface area (Å²) in [5.74, 6) is 1.17. The van der Waals surface area contributed by atoms with Crippen molar-refractivity contribution in [1.82, 2.24) is 20.6 Å². The first kappa shape index (κ1) is 15.9. The summed E-state index contributed by atoms with van der Waals surface area (Å²) in [6.45, 7) is 8.06. The Hall–Kier alpha value is -1.49. The maximum Gasteiger partial charge on any atom is 0.254 e. The van der Waals surface area contributed by atoms with Gasteiger partial charge in [-0.3, -0.25) is 4.79 Å². The van der Waals surface area contributed by atoms with E-state index in [1.165, 1.54) is 0 Å². The molecule has 0 bridgehead atoms. The minimum Gasteiger partial charge on any atom is -0.349 e. The summed E-state index contributed by atoms with van der Waals surface area (Å²) in [7, 11) is 0. The standard InChI is InChI=1S/C16H26N4O/c1-4-13(5-2)20-16(21)14-10-18-15(19-11(14)3)12-7-6-8-17-9-12/h10,12-13,17H,4-9H2,1-3H3,(H,20,21)/t12-/m0/s1. The van der Waals surface area contributed by atoms with E-state index in [-0.39, 0.29) is 11.9 Å². The van der Waals surface area contributed by atoms with Gasteiger partial charge in [-0.15, -0.1) is 0 Å². The Morgan fingerprint density at radius 2 is 2.24 bits per heavy atom. The lowest BCUT2D eigenvalue weighted by Gasteiger charge is -2.22. The van der Waals surface area contributed by atoms with Crippen molar-refractivity contribution >= 4 is 5.91 Å². The van der Waals surface area contributed by atoms with Gasteiger partial charge < -0.3 is 10.6 Å². The zero-order valence-corrected chi connectivity index (χ0v) is 13.3. The SMILES string of the molecule is CCC(CC)NC(=O)c1cnc([C@H]2CCCNC2)nc1C. The van der Waals surface area contributed by atoms with E-state index in [0.29, 0.717) is 11.5 Å². The Morgan fingerprint density at radius 1 is 1.48 bits per heavy atom. The van der Waals surface area contributed by atoms with Gasteiger partial charge in [0, 0.05) is 24.7 Å². The van der Waals surface area contributed by atoms with Crippen LogP contribution in [0.5, 0.6) is 0 Å². The Bertz CT molecular complexity index is 479. The van der Waals surface area contributed by atoms with Gasteiger partial charge in [-0.1, -0.05) is 13.8 Å². The maximum atomic E-state index is 12.3. The lowest BCUT2D eigenvalue weighted by Crippen LogP contribution is -2.34. The smallest absolute Gasteiger partial charge is 0.254 e. The van der Waals surface area contributed by atoms with Crippen molar-refractivity contribution in [2.75, 3.05) is 13.1 Å². The summed E-state index contributed by atoms with van der Waals surface area (Å²) in [6, 6.07) is 0.221. The van der Waals surface area contributed by atoms with Crippen molar-refractivity contribution in [3.05, 3.63) is 23.3 Å².